The van der Waals surface area contributed by atoms with Crippen LogP contribution in [0.25, 0.3) is 0 Å². The molecule has 0 spiro atoms. The van der Waals surface area contributed by atoms with Crippen LogP contribution in [0.4, 0.5) is 0 Å². The van der Waals surface area contributed by atoms with Crippen molar-refractivity contribution in [1.29, 1.82) is 0 Å². The molecule has 0 bridgehead atoms. The summed E-state index contributed by atoms with van der Waals surface area (Å²) in [6.45, 7) is 3.10. The maximum Gasteiger partial charge on any atom is 0.0724 e. The van der Waals surface area contributed by atoms with Crippen molar-refractivity contribution in [3.63, 3.8) is 0 Å². The lowest BCUT2D eigenvalue weighted by Gasteiger charge is -2.21. The van der Waals surface area contributed by atoms with Gasteiger partial charge in [-0.25, -0.2) is 0 Å². The summed E-state index contributed by atoms with van der Waals surface area (Å²) in [4.78, 5) is 0. The first-order valence-corrected chi connectivity index (χ1v) is 5.79. The smallest absolute Gasteiger partial charge is 0.0724 e. The fourth-order valence-corrected chi connectivity index (χ4v) is 2.22. The summed E-state index contributed by atoms with van der Waals surface area (Å²) in [5.41, 5.74) is 5.95. The van der Waals surface area contributed by atoms with E-state index in [2.05, 4.69) is 12.2 Å². The predicted molar refractivity (Wildman–Crippen MR) is 59.3 cm³/mol. The maximum absolute atomic E-state index is 5.95. The summed E-state index contributed by atoms with van der Waals surface area (Å²) < 4.78 is 5.41. The zero-order chi connectivity index (χ0) is 10.4. The van der Waals surface area contributed by atoms with Gasteiger partial charge in [-0.05, 0) is 25.7 Å². The quantitative estimate of drug-likeness (QED) is 0.679. The van der Waals surface area contributed by atoms with E-state index in [0.717, 1.165) is 13.0 Å². The minimum atomic E-state index is 0.304. The van der Waals surface area contributed by atoms with E-state index in [9.17, 15) is 0 Å². The number of methoxy groups -OCH3 is 1. The van der Waals surface area contributed by atoms with Crippen molar-refractivity contribution in [2.45, 2.75) is 57.2 Å². The topological polar surface area (TPSA) is 47.3 Å². The van der Waals surface area contributed by atoms with Gasteiger partial charge in [0.1, 0.15) is 0 Å². The SMILES string of the molecule is CCCC(N)CNC1CCCC1OC. The number of ether oxygens (including phenoxy) is 1. The number of rotatable bonds is 6. The third-order valence-electron chi connectivity index (χ3n) is 3.06. The van der Waals surface area contributed by atoms with Gasteiger partial charge in [-0.15, -0.1) is 0 Å². The van der Waals surface area contributed by atoms with Crippen molar-refractivity contribution >= 4 is 0 Å². The van der Waals surface area contributed by atoms with E-state index in [1.54, 1.807) is 7.11 Å². The highest BCUT2D eigenvalue weighted by Gasteiger charge is 2.26. The van der Waals surface area contributed by atoms with Crippen molar-refractivity contribution < 1.29 is 4.74 Å². The Labute approximate surface area is 87.4 Å². The molecule has 3 N–H and O–H groups in total. The monoisotopic (exact) mass is 200 g/mol. The molecule has 0 heterocycles. The van der Waals surface area contributed by atoms with Gasteiger partial charge in [-0.3, -0.25) is 0 Å². The van der Waals surface area contributed by atoms with E-state index in [4.69, 9.17) is 10.5 Å². The zero-order valence-corrected chi connectivity index (χ0v) is 9.46. The normalized spacial score (nSPS) is 29.4. The van der Waals surface area contributed by atoms with Gasteiger partial charge in [0.15, 0.2) is 0 Å². The molecule has 0 aromatic carbocycles. The van der Waals surface area contributed by atoms with Crippen molar-refractivity contribution in [2.75, 3.05) is 13.7 Å². The lowest BCUT2D eigenvalue weighted by molar-refractivity contribution is 0.0847. The van der Waals surface area contributed by atoms with E-state index >= 15 is 0 Å². The molecule has 1 rings (SSSR count). The molecule has 0 aliphatic heterocycles. The van der Waals surface area contributed by atoms with Gasteiger partial charge >= 0.3 is 0 Å². The molecule has 14 heavy (non-hydrogen) atoms. The van der Waals surface area contributed by atoms with E-state index in [1.165, 1.54) is 25.7 Å². The largest absolute Gasteiger partial charge is 0.380 e. The van der Waals surface area contributed by atoms with Crippen LogP contribution in [0.1, 0.15) is 39.0 Å². The molecule has 3 heteroatoms. The van der Waals surface area contributed by atoms with Crippen LogP contribution >= 0.6 is 0 Å². The molecule has 1 fully saturated rings. The number of nitrogens with two attached hydrogens (primary N) is 1. The van der Waals surface area contributed by atoms with Crippen LogP contribution in [-0.4, -0.2) is 31.8 Å². The number of nitrogens with one attached hydrogen (secondary N) is 1. The molecule has 84 valence electrons. The van der Waals surface area contributed by atoms with Crippen LogP contribution in [0, 0.1) is 0 Å². The van der Waals surface area contributed by atoms with Gasteiger partial charge < -0.3 is 15.8 Å². The Kier molecular flexibility index (Phi) is 5.45. The molecule has 1 aliphatic rings. The average molecular weight is 200 g/mol. The third kappa shape index (κ3) is 3.56. The first kappa shape index (κ1) is 12.0. The van der Waals surface area contributed by atoms with Crippen molar-refractivity contribution in [2.24, 2.45) is 5.73 Å². The van der Waals surface area contributed by atoms with E-state index in [1.807, 2.05) is 0 Å². The second-order valence-corrected chi connectivity index (χ2v) is 4.27. The summed E-state index contributed by atoms with van der Waals surface area (Å²) in [6.07, 6.45) is 6.38. The molecule has 0 aromatic rings. The molecule has 3 nitrogen and oxygen atoms in total. The van der Waals surface area contributed by atoms with Gasteiger partial charge in [0, 0.05) is 25.7 Å². The molecule has 0 aromatic heterocycles. The molecule has 1 aliphatic carbocycles. The second kappa shape index (κ2) is 6.38. The minimum absolute atomic E-state index is 0.304. The van der Waals surface area contributed by atoms with Crippen molar-refractivity contribution in [3.8, 4) is 0 Å². The highest BCUT2D eigenvalue weighted by atomic mass is 16.5. The summed E-state index contributed by atoms with van der Waals surface area (Å²) in [6, 6.07) is 0.834. The predicted octanol–water partition coefficient (Wildman–Crippen LogP) is 1.27. The summed E-state index contributed by atoms with van der Waals surface area (Å²) in [7, 11) is 1.80. The van der Waals surface area contributed by atoms with Gasteiger partial charge in [0.25, 0.3) is 0 Å². The lowest BCUT2D eigenvalue weighted by Crippen LogP contribution is -2.43. The first-order valence-electron chi connectivity index (χ1n) is 5.79. The van der Waals surface area contributed by atoms with Gasteiger partial charge in [0.05, 0.1) is 6.10 Å². The van der Waals surface area contributed by atoms with Crippen LogP contribution in [0.2, 0.25) is 0 Å². The van der Waals surface area contributed by atoms with E-state index < -0.39 is 0 Å². The van der Waals surface area contributed by atoms with E-state index in [-0.39, 0.29) is 0 Å². The molecular weight excluding hydrogens is 176 g/mol. The summed E-state index contributed by atoms with van der Waals surface area (Å²) >= 11 is 0. The average Bonchev–Trinajstić information content (AvgIpc) is 2.62. The molecule has 0 saturated heterocycles. The van der Waals surface area contributed by atoms with Gasteiger partial charge in [0.2, 0.25) is 0 Å². The first-order chi connectivity index (χ1) is 6.77. The number of hydrogen-bond acceptors (Lipinski definition) is 3. The van der Waals surface area contributed by atoms with Gasteiger partial charge in [-0.1, -0.05) is 13.3 Å². The van der Waals surface area contributed by atoms with Crippen LogP contribution in [0.3, 0.4) is 0 Å². The fourth-order valence-electron chi connectivity index (χ4n) is 2.22. The molecule has 3 unspecified atom stereocenters. The molecular formula is C11H24N2O. The fraction of sp³-hybridized carbons (Fsp3) is 1.00. The van der Waals surface area contributed by atoms with Crippen LogP contribution in [-0.2, 0) is 4.74 Å². The second-order valence-electron chi connectivity index (χ2n) is 4.27. The zero-order valence-electron chi connectivity index (χ0n) is 9.46. The summed E-state index contributed by atoms with van der Waals surface area (Å²) in [5, 5.41) is 3.52. The Morgan fingerprint density at radius 3 is 2.93 bits per heavy atom. The highest BCUT2D eigenvalue weighted by Crippen LogP contribution is 2.21. The van der Waals surface area contributed by atoms with E-state index in [0.29, 0.717) is 18.2 Å². The van der Waals surface area contributed by atoms with Crippen molar-refractivity contribution in [1.82, 2.24) is 5.32 Å². The highest BCUT2D eigenvalue weighted by molar-refractivity contribution is 4.84. The maximum atomic E-state index is 5.95. The van der Waals surface area contributed by atoms with Gasteiger partial charge in [-0.2, -0.15) is 0 Å². The number of hydrogen-bond donors (Lipinski definition) is 2. The Morgan fingerprint density at radius 2 is 2.29 bits per heavy atom. The Morgan fingerprint density at radius 1 is 1.50 bits per heavy atom. The third-order valence-corrected chi connectivity index (χ3v) is 3.06. The lowest BCUT2D eigenvalue weighted by atomic mass is 10.1. The Hall–Kier alpha value is -0.120. The Balaban J connectivity index is 2.16. The minimum Gasteiger partial charge on any atom is -0.380 e. The summed E-state index contributed by atoms with van der Waals surface area (Å²) in [5.74, 6) is 0. The van der Waals surface area contributed by atoms with Crippen molar-refractivity contribution in [3.05, 3.63) is 0 Å². The molecule has 0 amide bonds. The Bertz CT molecular complexity index is 152. The van der Waals surface area contributed by atoms with Crippen LogP contribution in [0.15, 0.2) is 0 Å². The molecule has 1 saturated carbocycles. The molecule has 3 atom stereocenters. The van der Waals surface area contributed by atoms with Crippen LogP contribution < -0.4 is 11.1 Å². The standard InChI is InChI=1S/C11H24N2O/c1-3-5-9(12)8-13-10-6-4-7-11(10)14-2/h9-11,13H,3-8,12H2,1-2H3. The molecule has 0 radical (unpaired) electrons. The van der Waals surface area contributed by atoms with Crippen LogP contribution in [0.5, 0.6) is 0 Å².